The molecule has 3 aliphatic rings. The molecule has 1 unspecified atom stereocenters. The molecule has 3 aromatic carbocycles. The number of carbonyl (C=O) groups is 2. The molecule has 14 heteroatoms. The largest absolute Gasteiger partial charge is 0.416 e. The minimum absolute atomic E-state index is 0.0391. The van der Waals surface area contributed by atoms with E-state index in [2.05, 4.69) is 9.80 Å². The quantitative estimate of drug-likeness (QED) is 0.150. The second-order valence-electron chi connectivity index (χ2n) is 15.2. The van der Waals surface area contributed by atoms with Crippen LogP contribution in [0, 0.1) is 0 Å². The van der Waals surface area contributed by atoms with Crippen molar-refractivity contribution >= 4 is 23.2 Å². The molecule has 3 aliphatic heterocycles. The fraction of sp³-hybridized carbons (Fsp3) is 0.442. The summed E-state index contributed by atoms with van der Waals surface area (Å²) in [5, 5.41) is 1.94. The van der Waals surface area contributed by atoms with E-state index in [1.807, 2.05) is 77.0 Å². The van der Waals surface area contributed by atoms with E-state index < -0.39 is 41.0 Å². The minimum atomic E-state index is -5.05. The molecule has 3 saturated heterocycles. The zero-order valence-corrected chi connectivity index (χ0v) is 32.3. The van der Waals surface area contributed by atoms with Gasteiger partial charge in [-0.15, -0.1) is 11.3 Å². The lowest BCUT2D eigenvalue weighted by atomic mass is 9.90. The Hall–Kier alpha value is -4.24. The van der Waals surface area contributed by atoms with E-state index in [-0.39, 0.29) is 30.6 Å². The summed E-state index contributed by atoms with van der Waals surface area (Å²) in [6.07, 6.45) is -6.69. The number of piperidine rings is 2. The van der Waals surface area contributed by atoms with Gasteiger partial charge in [-0.05, 0) is 72.9 Å². The van der Waals surface area contributed by atoms with Gasteiger partial charge in [0.1, 0.15) is 0 Å². The van der Waals surface area contributed by atoms with Crippen molar-refractivity contribution in [1.82, 2.24) is 19.6 Å². The number of likely N-dealkylation sites (tertiary alicyclic amines) is 2. The van der Waals surface area contributed by atoms with E-state index in [0.717, 1.165) is 60.6 Å². The molecule has 7 rings (SSSR count). The number of halogens is 6. The lowest BCUT2D eigenvalue weighted by Crippen LogP contribution is -2.59. The molecule has 57 heavy (non-hydrogen) atoms. The molecule has 4 aromatic rings. The summed E-state index contributed by atoms with van der Waals surface area (Å²) in [6, 6.07) is 22.3. The molecule has 0 saturated carbocycles. The first-order valence-corrected chi connectivity index (χ1v) is 20.3. The maximum Gasteiger partial charge on any atom is 0.416 e. The highest BCUT2D eigenvalue weighted by Crippen LogP contribution is 2.37. The Balaban J connectivity index is 0.976. The van der Waals surface area contributed by atoms with Crippen LogP contribution in [-0.4, -0.2) is 95.4 Å². The van der Waals surface area contributed by atoms with Gasteiger partial charge in [-0.25, -0.2) is 0 Å². The van der Waals surface area contributed by atoms with E-state index in [0.29, 0.717) is 57.7 Å². The fourth-order valence-electron chi connectivity index (χ4n) is 8.49. The molecule has 3 atom stereocenters. The Bertz CT molecular complexity index is 1930. The van der Waals surface area contributed by atoms with Gasteiger partial charge in [-0.1, -0.05) is 60.7 Å². The fourth-order valence-corrected chi connectivity index (χ4v) is 9.37. The van der Waals surface area contributed by atoms with Crippen molar-refractivity contribution < 1.29 is 40.7 Å². The van der Waals surface area contributed by atoms with Crippen molar-refractivity contribution in [3.8, 4) is 0 Å². The van der Waals surface area contributed by atoms with Gasteiger partial charge in [0.25, 0.3) is 11.8 Å². The molecule has 2 amide bonds. The van der Waals surface area contributed by atoms with Gasteiger partial charge in [0, 0.05) is 75.1 Å². The molecule has 0 bridgehead atoms. The van der Waals surface area contributed by atoms with Crippen LogP contribution in [0.2, 0.25) is 0 Å². The van der Waals surface area contributed by atoms with Crippen LogP contribution in [0.5, 0.6) is 0 Å². The number of nitrogens with zero attached hydrogens (tertiary/aromatic N) is 4. The monoisotopic (exact) mass is 812 g/mol. The highest BCUT2D eigenvalue weighted by Gasteiger charge is 2.41. The smallest absolute Gasteiger partial charge is 0.372 e. The number of rotatable bonds is 10. The molecule has 4 heterocycles. The topological polar surface area (TPSA) is 56.3 Å². The first-order valence-electron chi connectivity index (χ1n) is 19.4. The van der Waals surface area contributed by atoms with Gasteiger partial charge in [0.05, 0.1) is 29.2 Å². The number of carbonyl (C=O) groups excluding carboxylic acids is 2. The molecule has 3 fully saturated rings. The molecule has 7 nitrogen and oxygen atoms in total. The number of alkyl halides is 6. The second kappa shape index (κ2) is 17.7. The number of hydrogen-bond donors (Lipinski definition) is 0. The normalized spacial score (nSPS) is 21.5. The molecule has 1 aromatic heterocycles. The third-order valence-electron chi connectivity index (χ3n) is 11.5. The van der Waals surface area contributed by atoms with Crippen LogP contribution < -0.4 is 0 Å². The van der Waals surface area contributed by atoms with Crippen LogP contribution in [0.15, 0.2) is 90.3 Å². The van der Waals surface area contributed by atoms with Crippen LogP contribution in [-0.2, 0) is 36.7 Å². The van der Waals surface area contributed by atoms with Crippen LogP contribution in [0.1, 0.15) is 73.5 Å². The van der Waals surface area contributed by atoms with Crippen molar-refractivity contribution in [2.45, 2.75) is 75.8 Å². The summed E-state index contributed by atoms with van der Waals surface area (Å²) in [7, 11) is 0. The van der Waals surface area contributed by atoms with E-state index in [1.165, 1.54) is 16.2 Å². The molecular formula is C43H46F6N4O3S. The Kier molecular flexibility index (Phi) is 12.7. The maximum atomic E-state index is 13.9. The number of benzene rings is 3. The third kappa shape index (κ3) is 10.1. The number of hydrogen-bond acceptors (Lipinski definition) is 6. The molecule has 0 N–H and O–H groups in total. The van der Waals surface area contributed by atoms with Gasteiger partial charge in [-0.2, -0.15) is 26.3 Å². The van der Waals surface area contributed by atoms with Crippen LogP contribution in [0.25, 0.3) is 0 Å². The zero-order chi connectivity index (χ0) is 40.2. The standard InChI is InChI=1S/C43H46F6N4O3S/c44-42(45,46)34-23-33(24-35(25-34)43(47,48)49)40(54)53-16-13-36(26-38(53)22-30-8-3-1-4-9-30)50-17-19-51(20-18-50)37-12-7-15-52(27-37)41(55)39-32(14-21-57-39)29-56-28-31-10-5-2-6-11-31/h1-6,8-11,14,21,23-25,36-38H,7,12-13,15-20,22,26-29H2/t36-,37?,38+/m0/s1. The maximum absolute atomic E-state index is 13.9. The van der Waals surface area contributed by atoms with Crippen LogP contribution >= 0.6 is 11.3 Å². The Morgan fingerprint density at radius 1 is 0.684 bits per heavy atom. The summed E-state index contributed by atoms with van der Waals surface area (Å²) < 4.78 is 88.1. The van der Waals surface area contributed by atoms with E-state index in [1.54, 1.807) is 0 Å². The van der Waals surface area contributed by atoms with Crippen molar-refractivity contribution in [3.63, 3.8) is 0 Å². The third-order valence-corrected chi connectivity index (χ3v) is 12.4. The highest BCUT2D eigenvalue weighted by atomic mass is 32.1. The van der Waals surface area contributed by atoms with E-state index >= 15 is 0 Å². The van der Waals surface area contributed by atoms with Gasteiger partial charge < -0.3 is 14.5 Å². The van der Waals surface area contributed by atoms with Crippen LogP contribution in [0.4, 0.5) is 26.3 Å². The summed E-state index contributed by atoms with van der Waals surface area (Å²) in [5.74, 6) is -0.793. The Morgan fingerprint density at radius 2 is 1.30 bits per heavy atom. The average Bonchev–Trinajstić information content (AvgIpc) is 3.69. The number of thiophene rings is 1. The zero-order valence-electron chi connectivity index (χ0n) is 31.5. The first-order chi connectivity index (χ1) is 27.3. The summed E-state index contributed by atoms with van der Waals surface area (Å²) in [4.78, 5) is 36.7. The highest BCUT2D eigenvalue weighted by molar-refractivity contribution is 7.12. The van der Waals surface area contributed by atoms with E-state index in [9.17, 15) is 35.9 Å². The van der Waals surface area contributed by atoms with E-state index in [4.69, 9.17) is 4.74 Å². The van der Waals surface area contributed by atoms with Gasteiger partial charge >= 0.3 is 12.4 Å². The number of amides is 2. The van der Waals surface area contributed by atoms with Crippen molar-refractivity contribution in [2.24, 2.45) is 0 Å². The van der Waals surface area contributed by atoms with Gasteiger partial charge in [0.2, 0.25) is 0 Å². The predicted molar refractivity (Wildman–Crippen MR) is 206 cm³/mol. The minimum Gasteiger partial charge on any atom is -0.372 e. The SMILES string of the molecule is O=C(c1sccc1COCc1ccccc1)N1CCCC(N2CCN([C@H]3CCN(C(=O)c4cc(C(F)(F)F)cc(C(F)(F)F)c4)[C@H](Cc4ccccc4)C3)CC2)C1. The predicted octanol–water partition coefficient (Wildman–Crippen LogP) is 8.64. The lowest BCUT2D eigenvalue weighted by molar-refractivity contribution is -0.143. The average molecular weight is 813 g/mol. The molecule has 0 radical (unpaired) electrons. The number of ether oxygens (including phenoxy) is 1. The summed E-state index contributed by atoms with van der Waals surface area (Å²) >= 11 is 1.45. The van der Waals surface area contributed by atoms with Gasteiger partial charge in [-0.3, -0.25) is 19.4 Å². The van der Waals surface area contributed by atoms with Crippen LogP contribution in [0.3, 0.4) is 0 Å². The molecule has 0 spiro atoms. The second-order valence-corrected chi connectivity index (χ2v) is 16.1. The first kappa shape index (κ1) is 40.9. The summed E-state index contributed by atoms with van der Waals surface area (Å²) in [6.45, 7) is 5.55. The molecule has 304 valence electrons. The van der Waals surface area contributed by atoms with Gasteiger partial charge in [0.15, 0.2) is 0 Å². The Labute approximate surface area is 332 Å². The van der Waals surface area contributed by atoms with Crippen molar-refractivity contribution in [3.05, 3.63) is 129 Å². The lowest BCUT2D eigenvalue weighted by Gasteiger charge is -2.48. The molecule has 0 aliphatic carbocycles. The number of piperazine rings is 1. The Morgan fingerprint density at radius 3 is 1.93 bits per heavy atom. The van der Waals surface area contributed by atoms with Crippen molar-refractivity contribution in [2.75, 3.05) is 45.8 Å². The van der Waals surface area contributed by atoms with Crippen molar-refractivity contribution in [1.29, 1.82) is 0 Å². The summed E-state index contributed by atoms with van der Waals surface area (Å²) in [5.41, 5.74) is -0.716. The molecular weight excluding hydrogens is 767 g/mol.